The maximum atomic E-state index is 12.7. The van der Waals surface area contributed by atoms with E-state index in [1.807, 2.05) is 20.9 Å². The van der Waals surface area contributed by atoms with E-state index in [-0.39, 0.29) is 11.5 Å². The van der Waals surface area contributed by atoms with Crippen LogP contribution < -0.4 is 5.56 Å². The van der Waals surface area contributed by atoms with E-state index in [1.54, 1.807) is 16.5 Å². The molecule has 1 aliphatic heterocycles. The predicted molar refractivity (Wildman–Crippen MR) is 91.3 cm³/mol. The van der Waals surface area contributed by atoms with Crippen molar-refractivity contribution in [3.63, 3.8) is 0 Å². The molecule has 0 bridgehead atoms. The zero-order valence-electron chi connectivity index (χ0n) is 15.0. The molecule has 1 saturated heterocycles. The molecule has 1 atom stereocenters. The zero-order chi connectivity index (χ0) is 18.1. The first kappa shape index (κ1) is 17.3. The lowest BCUT2D eigenvalue weighted by molar-refractivity contribution is -0.138. The molecule has 8 nitrogen and oxygen atoms in total. The number of H-pyrrole nitrogens is 1. The van der Waals surface area contributed by atoms with Gasteiger partial charge < -0.3 is 14.6 Å². The van der Waals surface area contributed by atoms with Gasteiger partial charge in [0.05, 0.1) is 25.3 Å². The molecule has 0 aromatic carbocycles. The van der Waals surface area contributed by atoms with Gasteiger partial charge in [-0.15, -0.1) is 0 Å². The molecule has 25 heavy (non-hydrogen) atoms. The molecule has 3 heterocycles. The van der Waals surface area contributed by atoms with Gasteiger partial charge in [-0.2, -0.15) is 5.10 Å². The highest BCUT2D eigenvalue weighted by molar-refractivity contribution is 5.79. The highest BCUT2D eigenvalue weighted by atomic mass is 16.5. The van der Waals surface area contributed by atoms with Gasteiger partial charge in [-0.3, -0.25) is 14.3 Å². The maximum Gasteiger partial charge on any atom is 0.251 e. The first-order chi connectivity index (χ1) is 11.8. The Morgan fingerprint density at radius 1 is 1.40 bits per heavy atom. The van der Waals surface area contributed by atoms with Gasteiger partial charge in [-0.1, -0.05) is 0 Å². The number of nitrogens with one attached hydrogen (secondary N) is 1. The van der Waals surface area contributed by atoms with Gasteiger partial charge in [0.15, 0.2) is 0 Å². The van der Waals surface area contributed by atoms with E-state index in [0.29, 0.717) is 37.6 Å². The summed E-state index contributed by atoms with van der Waals surface area (Å²) in [7, 11) is 1.88. The number of aromatic amines is 1. The Balaban J connectivity index is 1.74. The third-order valence-electron chi connectivity index (χ3n) is 4.60. The maximum absolute atomic E-state index is 12.7. The van der Waals surface area contributed by atoms with E-state index in [0.717, 1.165) is 17.0 Å². The van der Waals surface area contributed by atoms with Crippen molar-refractivity contribution in [3.8, 4) is 0 Å². The molecule has 0 spiro atoms. The van der Waals surface area contributed by atoms with Crippen molar-refractivity contribution >= 4 is 5.91 Å². The molecule has 0 aliphatic carbocycles. The molecular weight excluding hydrogens is 322 g/mol. The van der Waals surface area contributed by atoms with Crippen LogP contribution in [0.3, 0.4) is 0 Å². The second-order valence-corrected chi connectivity index (χ2v) is 6.42. The summed E-state index contributed by atoms with van der Waals surface area (Å²) in [4.78, 5) is 33.2. The summed E-state index contributed by atoms with van der Waals surface area (Å²) in [6, 6.07) is 1.43. The van der Waals surface area contributed by atoms with Crippen LogP contribution in [0.4, 0.5) is 0 Å². The van der Waals surface area contributed by atoms with Crippen LogP contribution in [0, 0.1) is 20.8 Å². The van der Waals surface area contributed by atoms with Crippen LogP contribution in [0.1, 0.15) is 34.6 Å². The zero-order valence-corrected chi connectivity index (χ0v) is 15.0. The number of hydrogen-bond acceptors (Lipinski definition) is 5. The van der Waals surface area contributed by atoms with Crippen molar-refractivity contribution < 1.29 is 9.53 Å². The Kier molecular flexibility index (Phi) is 4.71. The van der Waals surface area contributed by atoms with Gasteiger partial charge in [0.2, 0.25) is 5.91 Å². The SMILES string of the molecule is Cc1cc(=O)[nH]c([C@H]2CN(C(=O)Cc3c(C)nn(C)c3C)CCO2)n1. The lowest BCUT2D eigenvalue weighted by Crippen LogP contribution is -2.43. The summed E-state index contributed by atoms with van der Waals surface area (Å²) < 4.78 is 7.51. The first-order valence-corrected chi connectivity index (χ1v) is 8.31. The van der Waals surface area contributed by atoms with Crippen molar-refractivity contribution in [2.24, 2.45) is 7.05 Å². The van der Waals surface area contributed by atoms with Crippen LogP contribution in [-0.2, 0) is 23.0 Å². The number of nitrogens with zero attached hydrogens (tertiary/aromatic N) is 4. The number of carbonyl (C=O) groups is 1. The third-order valence-corrected chi connectivity index (χ3v) is 4.60. The van der Waals surface area contributed by atoms with Gasteiger partial charge >= 0.3 is 0 Å². The fourth-order valence-electron chi connectivity index (χ4n) is 3.13. The van der Waals surface area contributed by atoms with E-state index in [2.05, 4.69) is 15.1 Å². The highest BCUT2D eigenvalue weighted by Gasteiger charge is 2.28. The predicted octanol–water partition coefficient (Wildman–Crippen LogP) is 0.571. The lowest BCUT2D eigenvalue weighted by atomic mass is 10.1. The van der Waals surface area contributed by atoms with Crippen molar-refractivity contribution in [2.45, 2.75) is 33.3 Å². The summed E-state index contributed by atoms with van der Waals surface area (Å²) in [5.74, 6) is 0.499. The minimum absolute atomic E-state index is 0.0301. The van der Waals surface area contributed by atoms with E-state index >= 15 is 0 Å². The number of ether oxygens (including phenoxy) is 1. The Bertz CT molecular complexity index is 854. The highest BCUT2D eigenvalue weighted by Crippen LogP contribution is 2.20. The average molecular weight is 345 g/mol. The fourth-order valence-corrected chi connectivity index (χ4v) is 3.13. The van der Waals surface area contributed by atoms with Crippen molar-refractivity contribution in [2.75, 3.05) is 19.7 Å². The van der Waals surface area contributed by atoms with E-state index in [1.165, 1.54) is 6.07 Å². The van der Waals surface area contributed by atoms with Gasteiger partial charge in [-0.25, -0.2) is 4.98 Å². The minimum Gasteiger partial charge on any atom is -0.367 e. The number of rotatable bonds is 3. The molecular formula is C17H23N5O3. The van der Waals surface area contributed by atoms with Crippen LogP contribution >= 0.6 is 0 Å². The molecule has 8 heteroatoms. The summed E-state index contributed by atoms with van der Waals surface area (Å²) in [6.07, 6.45) is -0.0999. The summed E-state index contributed by atoms with van der Waals surface area (Å²) in [5.41, 5.74) is 3.27. The molecule has 0 saturated carbocycles. The van der Waals surface area contributed by atoms with Gasteiger partial charge in [0.1, 0.15) is 11.9 Å². The molecule has 1 fully saturated rings. The van der Waals surface area contributed by atoms with Crippen molar-refractivity contribution in [1.82, 2.24) is 24.6 Å². The van der Waals surface area contributed by atoms with E-state index in [4.69, 9.17) is 4.74 Å². The number of aryl methyl sites for hydroxylation is 3. The van der Waals surface area contributed by atoms with Gasteiger partial charge in [-0.05, 0) is 20.8 Å². The third kappa shape index (κ3) is 3.63. The standard InChI is InChI=1S/C17H23N5O3/c1-10-7-15(23)19-17(18-10)14-9-22(5-6-25-14)16(24)8-13-11(2)20-21(4)12(13)3/h7,14H,5-6,8-9H2,1-4H3,(H,18,19,23)/t14-/m1/s1. The number of carbonyl (C=O) groups excluding carboxylic acids is 1. The topological polar surface area (TPSA) is 93.1 Å². The smallest absolute Gasteiger partial charge is 0.251 e. The quantitative estimate of drug-likeness (QED) is 0.878. The molecule has 1 N–H and O–H groups in total. The molecule has 1 amide bonds. The summed E-state index contributed by atoms with van der Waals surface area (Å²) >= 11 is 0. The Morgan fingerprint density at radius 2 is 2.16 bits per heavy atom. The van der Waals surface area contributed by atoms with Gasteiger partial charge in [0, 0.05) is 36.6 Å². The summed E-state index contributed by atoms with van der Waals surface area (Å²) in [5, 5.41) is 4.36. The number of amides is 1. The molecule has 1 aliphatic rings. The van der Waals surface area contributed by atoms with Crippen LogP contribution in [0.25, 0.3) is 0 Å². The molecule has 134 valence electrons. The second kappa shape index (κ2) is 6.79. The van der Waals surface area contributed by atoms with E-state index < -0.39 is 6.10 Å². The molecule has 2 aromatic heterocycles. The molecule has 2 aromatic rings. The molecule has 0 radical (unpaired) electrons. The van der Waals surface area contributed by atoms with Crippen LogP contribution in [-0.4, -0.2) is 50.3 Å². The fraction of sp³-hybridized carbons (Fsp3) is 0.529. The average Bonchev–Trinajstić information content (AvgIpc) is 2.80. The van der Waals surface area contributed by atoms with E-state index in [9.17, 15) is 9.59 Å². The lowest BCUT2D eigenvalue weighted by Gasteiger charge is -2.32. The van der Waals surface area contributed by atoms with Crippen LogP contribution in [0.5, 0.6) is 0 Å². The van der Waals surface area contributed by atoms with Crippen molar-refractivity contribution in [3.05, 3.63) is 44.9 Å². The minimum atomic E-state index is -0.415. The normalized spacial score (nSPS) is 17.8. The summed E-state index contributed by atoms with van der Waals surface area (Å²) in [6.45, 7) is 6.97. The monoisotopic (exact) mass is 345 g/mol. The number of hydrogen-bond donors (Lipinski definition) is 1. The van der Waals surface area contributed by atoms with Crippen LogP contribution in [0.15, 0.2) is 10.9 Å². The van der Waals surface area contributed by atoms with Crippen molar-refractivity contribution in [1.29, 1.82) is 0 Å². The molecule has 3 rings (SSSR count). The Labute approximate surface area is 145 Å². The Hall–Kier alpha value is -2.48. The number of aromatic nitrogens is 4. The second-order valence-electron chi connectivity index (χ2n) is 6.42. The van der Waals surface area contributed by atoms with Crippen LogP contribution in [0.2, 0.25) is 0 Å². The van der Waals surface area contributed by atoms with Gasteiger partial charge in [0.25, 0.3) is 5.56 Å². The Morgan fingerprint density at radius 3 is 2.80 bits per heavy atom. The molecule has 0 unspecified atom stereocenters. The number of morpholine rings is 1. The first-order valence-electron chi connectivity index (χ1n) is 8.31. The largest absolute Gasteiger partial charge is 0.367 e.